The average molecular weight is 348 g/mol. The summed E-state index contributed by atoms with van der Waals surface area (Å²) < 4.78 is 5.19. The van der Waals surface area contributed by atoms with Gasteiger partial charge in [-0.1, -0.05) is 30.3 Å². The normalized spacial score (nSPS) is 13.1. The van der Waals surface area contributed by atoms with E-state index in [4.69, 9.17) is 4.74 Å². The molecule has 0 aromatic heterocycles. The number of aryl methyl sites for hydroxylation is 1. The van der Waals surface area contributed by atoms with Crippen molar-refractivity contribution in [2.75, 3.05) is 20.1 Å². The number of aliphatic imine (C=N–C) groups is 1. The maximum Gasteiger partial charge on any atom is 0.407 e. The standard InChI is InChI=1S/C19H32N4O2/c1-15(11-12-16-9-7-6-8-10-16)23-17(20-5)21-13-14-22-18(24)25-19(2,3)4/h6-10,15H,11-14H2,1-5H3,(H,22,24)(H2,20,21,23). The number of benzene rings is 1. The molecular weight excluding hydrogens is 316 g/mol. The lowest BCUT2D eigenvalue weighted by Gasteiger charge is -2.20. The Morgan fingerprint density at radius 2 is 1.80 bits per heavy atom. The summed E-state index contributed by atoms with van der Waals surface area (Å²) in [6.45, 7) is 8.70. The average Bonchev–Trinajstić information content (AvgIpc) is 2.55. The molecule has 0 aliphatic heterocycles. The first-order chi connectivity index (χ1) is 11.8. The van der Waals surface area contributed by atoms with E-state index in [-0.39, 0.29) is 0 Å². The molecule has 0 aliphatic carbocycles. The highest BCUT2D eigenvalue weighted by Crippen LogP contribution is 2.06. The zero-order chi connectivity index (χ0) is 18.7. The molecular formula is C19H32N4O2. The topological polar surface area (TPSA) is 74.8 Å². The number of nitrogens with zero attached hydrogens (tertiary/aromatic N) is 1. The molecule has 0 radical (unpaired) electrons. The third kappa shape index (κ3) is 10.3. The number of rotatable bonds is 7. The molecule has 140 valence electrons. The number of amides is 1. The van der Waals surface area contributed by atoms with Gasteiger partial charge in [0.05, 0.1) is 0 Å². The lowest BCUT2D eigenvalue weighted by Crippen LogP contribution is -2.45. The van der Waals surface area contributed by atoms with Crippen LogP contribution in [0.4, 0.5) is 4.79 Å². The number of nitrogens with one attached hydrogen (secondary N) is 3. The van der Waals surface area contributed by atoms with Crippen LogP contribution in [0.1, 0.15) is 39.7 Å². The van der Waals surface area contributed by atoms with Crippen LogP contribution in [0.15, 0.2) is 35.3 Å². The summed E-state index contributed by atoms with van der Waals surface area (Å²) in [5.41, 5.74) is 0.851. The van der Waals surface area contributed by atoms with Gasteiger partial charge in [0.2, 0.25) is 0 Å². The van der Waals surface area contributed by atoms with Gasteiger partial charge in [-0.3, -0.25) is 4.99 Å². The van der Waals surface area contributed by atoms with Crippen molar-refractivity contribution >= 4 is 12.1 Å². The van der Waals surface area contributed by atoms with E-state index in [0.29, 0.717) is 19.1 Å². The minimum absolute atomic E-state index is 0.297. The summed E-state index contributed by atoms with van der Waals surface area (Å²) in [6, 6.07) is 10.7. The summed E-state index contributed by atoms with van der Waals surface area (Å²) >= 11 is 0. The first-order valence-corrected chi connectivity index (χ1v) is 8.78. The van der Waals surface area contributed by atoms with Gasteiger partial charge < -0.3 is 20.7 Å². The predicted molar refractivity (Wildman–Crippen MR) is 103 cm³/mol. The van der Waals surface area contributed by atoms with Crippen LogP contribution < -0.4 is 16.0 Å². The van der Waals surface area contributed by atoms with Crippen LogP contribution >= 0.6 is 0 Å². The van der Waals surface area contributed by atoms with Crippen LogP contribution in [-0.4, -0.2) is 43.8 Å². The second kappa shape index (κ2) is 10.6. The molecule has 0 saturated carbocycles. The van der Waals surface area contributed by atoms with Gasteiger partial charge in [-0.25, -0.2) is 4.79 Å². The monoisotopic (exact) mass is 348 g/mol. The van der Waals surface area contributed by atoms with Crippen LogP contribution in [0.3, 0.4) is 0 Å². The Morgan fingerprint density at radius 3 is 2.40 bits per heavy atom. The molecule has 0 spiro atoms. The van der Waals surface area contributed by atoms with Crippen molar-refractivity contribution in [2.45, 2.75) is 52.2 Å². The predicted octanol–water partition coefficient (Wildman–Crippen LogP) is 2.70. The molecule has 0 saturated heterocycles. The van der Waals surface area contributed by atoms with Crippen molar-refractivity contribution in [3.63, 3.8) is 0 Å². The second-order valence-electron chi connectivity index (χ2n) is 7.00. The molecule has 25 heavy (non-hydrogen) atoms. The van der Waals surface area contributed by atoms with Crippen LogP contribution in [0.25, 0.3) is 0 Å². The number of hydrogen-bond donors (Lipinski definition) is 3. The molecule has 0 bridgehead atoms. The van der Waals surface area contributed by atoms with E-state index < -0.39 is 11.7 Å². The van der Waals surface area contributed by atoms with Gasteiger partial charge in [0.25, 0.3) is 0 Å². The first-order valence-electron chi connectivity index (χ1n) is 8.78. The third-order valence-electron chi connectivity index (χ3n) is 3.40. The molecule has 0 heterocycles. The van der Waals surface area contributed by atoms with Crippen molar-refractivity contribution in [3.8, 4) is 0 Å². The van der Waals surface area contributed by atoms with Gasteiger partial charge in [-0.05, 0) is 46.1 Å². The van der Waals surface area contributed by atoms with Gasteiger partial charge in [-0.15, -0.1) is 0 Å². The van der Waals surface area contributed by atoms with Crippen LogP contribution in [-0.2, 0) is 11.2 Å². The van der Waals surface area contributed by atoms with E-state index >= 15 is 0 Å². The Labute approximate surface area is 151 Å². The highest BCUT2D eigenvalue weighted by molar-refractivity contribution is 5.80. The summed E-state index contributed by atoms with van der Waals surface area (Å²) in [4.78, 5) is 15.8. The van der Waals surface area contributed by atoms with Crippen molar-refractivity contribution in [3.05, 3.63) is 35.9 Å². The molecule has 1 rings (SSSR count). The lowest BCUT2D eigenvalue weighted by atomic mass is 10.1. The van der Waals surface area contributed by atoms with Crippen molar-refractivity contribution in [1.82, 2.24) is 16.0 Å². The minimum atomic E-state index is -0.483. The summed E-state index contributed by atoms with van der Waals surface area (Å²) in [5, 5.41) is 9.26. The van der Waals surface area contributed by atoms with Gasteiger partial charge >= 0.3 is 6.09 Å². The van der Waals surface area contributed by atoms with E-state index in [1.54, 1.807) is 7.05 Å². The fourth-order valence-electron chi connectivity index (χ4n) is 2.19. The summed E-state index contributed by atoms with van der Waals surface area (Å²) in [5.74, 6) is 0.728. The largest absolute Gasteiger partial charge is 0.444 e. The number of carbonyl (C=O) groups excluding carboxylic acids is 1. The SMILES string of the molecule is CN=C(NCCNC(=O)OC(C)(C)C)NC(C)CCc1ccccc1. The van der Waals surface area contributed by atoms with E-state index in [1.807, 2.05) is 26.8 Å². The smallest absolute Gasteiger partial charge is 0.407 e. The van der Waals surface area contributed by atoms with E-state index in [0.717, 1.165) is 18.8 Å². The fourth-order valence-corrected chi connectivity index (χ4v) is 2.19. The highest BCUT2D eigenvalue weighted by atomic mass is 16.6. The molecule has 0 fully saturated rings. The lowest BCUT2D eigenvalue weighted by molar-refractivity contribution is 0.0529. The molecule has 6 nitrogen and oxygen atoms in total. The van der Waals surface area contributed by atoms with Crippen molar-refractivity contribution < 1.29 is 9.53 Å². The summed E-state index contributed by atoms with van der Waals surface area (Å²) in [7, 11) is 1.74. The molecule has 3 N–H and O–H groups in total. The van der Waals surface area contributed by atoms with Gasteiger partial charge in [0.1, 0.15) is 5.60 Å². The Hall–Kier alpha value is -2.24. The number of hydrogen-bond acceptors (Lipinski definition) is 3. The molecule has 0 aliphatic rings. The molecule has 1 aromatic rings. The molecule has 1 amide bonds. The van der Waals surface area contributed by atoms with Crippen molar-refractivity contribution in [1.29, 1.82) is 0 Å². The Morgan fingerprint density at radius 1 is 1.16 bits per heavy atom. The number of alkyl carbamates (subject to hydrolysis) is 1. The van der Waals surface area contributed by atoms with Crippen LogP contribution in [0, 0.1) is 0 Å². The van der Waals surface area contributed by atoms with Crippen molar-refractivity contribution in [2.24, 2.45) is 4.99 Å². The second-order valence-corrected chi connectivity index (χ2v) is 7.00. The van der Waals surface area contributed by atoms with E-state index in [2.05, 4.69) is 52.1 Å². The Bertz CT molecular complexity index is 538. The Balaban J connectivity index is 2.22. The summed E-state index contributed by atoms with van der Waals surface area (Å²) in [6.07, 6.45) is 1.63. The van der Waals surface area contributed by atoms with E-state index in [9.17, 15) is 4.79 Å². The third-order valence-corrected chi connectivity index (χ3v) is 3.40. The van der Waals surface area contributed by atoms with Crippen LogP contribution in [0.2, 0.25) is 0 Å². The Kier molecular flexibility index (Phi) is 8.81. The molecule has 1 atom stereocenters. The first kappa shape index (κ1) is 20.8. The molecule has 1 unspecified atom stereocenters. The maximum absolute atomic E-state index is 11.6. The van der Waals surface area contributed by atoms with E-state index in [1.165, 1.54) is 5.56 Å². The zero-order valence-electron chi connectivity index (χ0n) is 16.1. The van der Waals surface area contributed by atoms with Crippen LogP contribution in [0.5, 0.6) is 0 Å². The quantitative estimate of drug-likeness (QED) is 0.402. The highest BCUT2D eigenvalue weighted by Gasteiger charge is 2.15. The van der Waals surface area contributed by atoms with Gasteiger partial charge in [0, 0.05) is 26.2 Å². The maximum atomic E-state index is 11.6. The minimum Gasteiger partial charge on any atom is -0.444 e. The van der Waals surface area contributed by atoms with Gasteiger partial charge in [0.15, 0.2) is 5.96 Å². The number of guanidine groups is 1. The number of carbonyl (C=O) groups is 1. The zero-order valence-corrected chi connectivity index (χ0v) is 16.1. The number of ether oxygens (including phenoxy) is 1. The fraction of sp³-hybridized carbons (Fsp3) is 0.579. The molecule has 1 aromatic carbocycles. The molecule has 6 heteroatoms. The van der Waals surface area contributed by atoms with Gasteiger partial charge in [-0.2, -0.15) is 0 Å².